The van der Waals surface area contributed by atoms with Gasteiger partial charge in [-0.2, -0.15) is 0 Å². The molecule has 0 amide bonds. The van der Waals surface area contributed by atoms with E-state index < -0.39 is 0 Å². The average molecular weight is 265 g/mol. The third kappa shape index (κ3) is 6.12. The minimum absolute atomic E-state index is 0.712. The first kappa shape index (κ1) is 16.8. The van der Waals surface area contributed by atoms with Gasteiger partial charge in [0.05, 0.1) is 0 Å². The van der Waals surface area contributed by atoms with Gasteiger partial charge in [0, 0.05) is 12.6 Å². The van der Waals surface area contributed by atoms with Crippen LogP contribution in [0.3, 0.4) is 0 Å². The number of hydrogen-bond acceptors (Lipinski definition) is 1. The highest BCUT2D eigenvalue weighted by molar-refractivity contribution is 5.03. The van der Waals surface area contributed by atoms with Gasteiger partial charge in [-0.1, -0.05) is 58.1 Å². The molecule has 1 aliphatic carbocycles. The lowest BCUT2D eigenvalue weighted by molar-refractivity contribution is 0.154. The summed E-state index contributed by atoms with van der Waals surface area (Å²) in [5.74, 6) is 0.712. The first-order chi connectivity index (χ1) is 9.19. The van der Waals surface area contributed by atoms with E-state index in [2.05, 4.69) is 38.7 Å². The smallest absolute Gasteiger partial charge is 0.00953 e. The Morgan fingerprint density at radius 2 is 1.84 bits per heavy atom. The normalized spacial score (nSPS) is 18.5. The molecule has 0 radical (unpaired) electrons. The zero-order valence-electron chi connectivity index (χ0n) is 13.8. The summed E-state index contributed by atoms with van der Waals surface area (Å²) in [6, 6.07) is 0.880. The molecule has 1 nitrogen and oxygen atoms in total. The molecule has 0 aliphatic heterocycles. The summed E-state index contributed by atoms with van der Waals surface area (Å²) in [5.41, 5.74) is 1.64. The Morgan fingerprint density at radius 3 is 2.37 bits per heavy atom. The Kier molecular flexibility index (Phi) is 8.45. The molecule has 0 aromatic heterocycles. The molecule has 1 saturated carbocycles. The van der Waals surface area contributed by atoms with Gasteiger partial charge in [-0.3, -0.25) is 0 Å². The van der Waals surface area contributed by atoms with Gasteiger partial charge in [-0.15, -0.1) is 0 Å². The van der Waals surface area contributed by atoms with E-state index in [0.29, 0.717) is 5.92 Å². The Labute approximate surface area is 121 Å². The number of hydrogen-bond donors (Lipinski definition) is 0. The minimum atomic E-state index is 0.712. The van der Waals surface area contributed by atoms with Crippen molar-refractivity contribution in [3.63, 3.8) is 0 Å². The van der Waals surface area contributed by atoms with Crippen molar-refractivity contribution in [1.29, 1.82) is 0 Å². The summed E-state index contributed by atoms with van der Waals surface area (Å²) in [4.78, 5) is 2.80. The maximum atomic E-state index is 2.80. The second kappa shape index (κ2) is 9.58. The Hall–Kier alpha value is -0.300. The van der Waals surface area contributed by atoms with Crippen LogP contribution < -0.4 is 0 Å². The molecule has 1 rings (SSSR count). The molecule has 0 saturated heterocycles. The fourth-order valence-corrected chi connectivity index (χ4v) is 3.32. The summed E-state index contributed by atoms with van der Waals surface area (Å²) < 4.78 is 0. The number of nitrogens with zero attached hydrogens (tertiary/aromatic N) is 1. The van der Waals surface area contributed by atoms with E-state index in [1.807, 2.05) is 0 Å². The molecule has 0 aromatic carbocycles. The lowest BCUT2D eigenvalue weighted by Crippen LogP contribution is -2.38. The molecule has 112 valence electrons. The fourth-order valence-electron chi connectivity index (χ4n) is 3.32. The van der Waals surface area contributed by atoms with Crippen LogP contribution in [0.1, 0.15) is 79.1 Å². The Bertz CT molecular complexity index is 248. The van der Waals surface area contributed by atoms with E-state index in [1.54, 1.807) is 5.57 Å². The van der Waals surface area contributed by atoms with E-state index in [9.17, 15) is 0 Å². The Balaban J connectivity index is 2.48. The van der Waals surface area contributed by atoms with Crippen LogP contribution in [0.2, 0.25) is 0 Å². The van der Waals surface area contributed by atoms with E-state index in [4.69, 9.17) is 0 Å². The maximum Gasteiger partial charge on any atom is 0.00953 e. The van der Waals surface area contributed by atoms with Crippen LogP contribution in [-0.4, -0.2) is 24.0 Å². The quantitative estimate of drug-likeness (QED) is 0.530. The van der Waals surface area contributed by atoms with Gasteiger partial charge in [-0.05, 0) is 45.1 Å². The first-order valence-electron chi connectivity index (χ1n) is 8.58. The van der Waals surface area contributed by atoms with Crippen molar-refractivity contribution in [1.82, 2.24) is 4.90 Å². The molecular formula is C18H35N. The second-order valence-electron chi connectivity index (χ2n) is 6.45. The van der Waals surface area contributed by atoms with Crippen molar-refractivity contribution in [2.75, 3.05) is 13.1 Å². The summed E-state index contributed by atoms with van der Waals surface area (Å²) >= 11 is 0. The van der Waals surface area contributed by atoms with Gasteiger partial charge >= 0.3 is 0 Å². The van der Waals surface area contributed by atoms with Crippen LogP contribution in [0.4, 0.5) is 0 Å². The van der Waals surface area contributed by atoms with E-state index >= 15 is 0 Å². The fraction of sp³-hybridized carbons (Fsp3) is 0.889. The van der Waals surface area contributed by atoms with Crippen LogP contribution in [0, 0.1) is 5.92 Å². The molecule has 0 bridgehead atoms. The summed E-state index contributed by atoms with van der Waals surface area (Å²) in [7, 11) is 0. The van der Waals surface area contributed by atoms with Gasteiger partial charge in [0.2, 0.25) is 0 Å². The third-order valence-corrected chi connectivity index (χ3v) is 4.69. The van der Waals surface area contributed by atoms with Crippen molar-refractivity contribution >= 4 is 0 Å². The molecular weight excluding hydrogens is 230 g/mol. The number of allylic oxidation sites excluding steroid dienone is 1. The lowest BCUT2D eigenvalue weighted by Gasteiger charge is -2.35. The van der Waals surface area contributed by atoms with Crippen LogP contribution in [0.15, 0.2) is 11.6 Å². The summed E-state index contributed by atoms with van der Waals surface area (Å²) in [5, 5.41) is 0. The monoisotopic (exact) mass is 265 g/mol. The second-order valence-corrected chi connectivity index (χ2v) is 6.45. The Morgan fingerprint density at radius 1 is 1.16 bits per heavy atom. The van der Waals surface area contributed by atoms with Crippen molar-refractivity contribution in [3.05, 3.63) is 11.6 Å². The third-order valence-electron chi connectivity index (χ3n) is 4.69. The highest BCUT2D eigenvalue weighted by Crippen LogP contribution is 2.24. The summed E-state index contributed by atoms with van der Waals surface area (Å²) in [6.45, 7) is 11.8. The highest BCUT2D eigenvalue weighted by atomic mass is 15.1. The van der Waals surface area contributed by atoms with Crippen LogP contribution in [0.25, 0.3) is 0 Å². The maximum absolute atomic E-state index is 2.80. The molecule has 0 aromatic rings. The van der Waals surface area contributed by atoms with Gasteiger partial charge in [-0.25, -0.2) is 0 Å². The van der Waals surface area contributed by atoms with Gasteiger partial charge in [0.1, 0.15) is 0 Å². The number of rotatable bonds is 8. The van der Waals surface area contributed by atoms with Crippen LogP contribution in [0.5, 0.6) is 0 Å². The van der Waals surface area contributed by atoms with Gasteiger partial charge in [0.25, 0.3) is 0 Å². The molecule has 0 unspecified atom stereocenters. The standard InChI is InChI=1S/C18H35N/c1-5-7-14-19(18-11-9-8-10-12-18)15-13-17(6-2)16(3)4/h6,16,18H,5,7-15H2,1-4H3/b17-6-. The molecule has 0 heterocycles. The van der Waals surface area contributed by atoms with Crippen molar-refractivity contribution in [2.24, 2.45) is 5.92 Å². The molecule has 1 aliphatic rings. The molecule has 1 fully saturated rings. The topological polar surface area (TPSA) is 3.24 Å². The average Bonchev–Trinajstić information content (AvgIpc) is 2.43. The zero-order chi connectivity index (χ0) is 14.1. The molecule has 0 spiro atoms. The predicted molar refractivity (Wildman–Crippen MR) is 86.6 cm³/mol. The van der Waals surface area contributed by atoms with Gasteiger partial charge in [0.15, 0.2) is 0 Å². The minimum Gasteiger partial charge on any atom is -0.300 e. The molecule has 1 heteroatoms. The predicted octanol–water partition coefficient (Wildman–Crippen LogP) is 5.41. The van der Waals surface area contributed by atoms with Crippen LogP contribution >= 0.6 is 0 Å². The highest BCUT2D eigenvalue weighted by Gasteiger charge is 2.20. The molecule has 0 atom stereocenters. The first-order valence-corrected chi connectivity index (χ1v) is 8.58. The van der Waals surface area contributed by atoms with E-state index in [0.717, 1.165) is 6.04 Å². The summed E-state index contributed by atoms with van der Waals surface area (Å²) in [6.07, 6.45) is 13.5. The van der Waals surface area contributed by atoms with Crippen molar-refractivity contribution < 1.29 is 0 Å². The van der Waals surface area contributed by atoms with Crippen LogP contribution in [-0.2, 0) is 0 Å². The zero-order valence-corrected chi connectivity index (χ0v) is 13.8. The van der Waals surface area contributed by atoms with Crippen molar-refractivity contribution in [3.8, 4) is 0 Å². The van der Waals surface area contributed by atoms with E-state index in [-0.39, 0.29) is 0 Å². The molecule has 19 heavy (non-hydrogen) atoms. The number of unbranched alkanes of at least 4 members (excludes halogenated alkanes) is 1. The van der Waals surface area contributed by atoms with E-state index in [1.165, 1.54) is 64.5 Å². The SMILES string of the molecule is C/C=C(/CCN(CCCC)C1CCCCC1)C(C)C. The molecule has 0 N–H and O–H groups in total. The van der Waals surface area contributed by atoms with Gasteiger partial charge < -0.3 is 4.90 Å². The largest absolute Gasteiger partial charge is 0.300 e. The van der Waals surface area contributed by atoms with Crippen molar-refractivity contribution in [2.45, 2.75) is 85.1 Å². The lowest BCUT2D eigenvalue weighted by atomic mass is 9.93.